The molecule has 1 atom stereocenters. The SMILES string of the molecule is Cc1c(Cl)cccc1OC(C)C(=O)OC(C)(C)C. The first-order valence-electron chi connectivity index (χ1n) is 5.85. The fourth-order valence-electron chi connectivity index (χ4n) is 1.34. The first kappa shape index (κ1) is 14.8. The van der Waals surface area contributed by atoms with Gasteiger partial charge in [0.15, 0.2) is 6.10 Å². The topological polar surface area (TPSA) is 35.5 Å². The van der Waals surface area contributed by atoms with Crippen molar-refractivity contribution in [1.82, 2.24) is 0 Å². The fourth-order valence-corrected chi connectivity index (χ4v) is 1.50. The van der Waals surface area contributed by atoms with E-state index in [2.05, 4.69) is 0 Å². The van der Waals surface area contributed by atoms with Gasteiger partial charge in [-0.05, 0) is 46.8 Å². The van der Waals surface area contributed by atoms with Crippen molar-refractivity contribution in [2.45, 2.75) is 46.3 Å². The molecule has 1 aromatic rings. The number of carbonyl (C=O) groups excluding carboxylic acids is 1. The lowest BCUT2D eigenvalue weighted by Crippen LogP contribution is -2.33. The van der Waals surface area contributed by atoms with E-state index in [1.165, 1.54) is 0 Å². The Morgan fingerprint density at radius 2 is 1.94 bits per heavy atom. The molecule has 0 saturated heterocycles. The summed E-state index contributed by atoms with van der Waals surface area (Å²) in [7, 11) is 0. The lowest BCUT2D eigenvalue weighted by atomic mass is 10.2. The van der Waals surface area contributed by atoms with E-state index in [-0.39, 0.29) is 5.97 Å². The van der Waals surface area contributed by atoms with Gasteiger partial charge in [-0.3, -0.25) is 0 Å². The predicted octanol–water partition coefficient (Wildman–Crippen LogP) is 3.76. The fraction of sp³-hybridized carbons (Fsp3) is 0.500. The third kappa shape index (κ3) is 4.22. The van der Waals surface area contributed by atoms with Crippen molar-refractivity contribution in [3.05, 3.63) is 28.8 Å². The molecule has 0 bridgehead atoms. The minimum atomic E-state index is -0.665. The van der Waals surface area contributed by atoms with Crippen LogP contribution in [0.3, 0.4) is 0 Å². The normalized spacial score (nSPS) is 13.0. The molecular formula is C14H19ClO3. The molecule has 1 unspecified atom stereocenters. The molecule has 0 aromatic heterocycles. The van der Waals surface area contributed by atoms with Crippen molar-refractivity contribution in [2.75, 3.05) is 0 Å². The molecule has 0 amide bonds. The molecule has 0 N–H and O–H groups in total. The Morgan fingerprint density at radius 1 is 1.33 bits per heavy atom. The average molecular weight is 271 g/mol. The van der Waals surface area contributed by atoms with Crippen LogP contribution in [-0.4, -0.2) is 17.7 Å². The highest BCUT2D eigenvalue weighted by Crippen LogP contribution is 2.26. The number of halogens is 1. The van der Waals surface area contributed by atoms with Gasteiger partial charge in [0.25, 0.3) is 0 Å². The van der Waals surface area contributed by atoms with Crippen LogP contribution in [-0.2, 0) is 9.53 Å². The van der Waals surface area contributed by atoms with E-state index in [1.54, 1.807) is 25.1 Å². The van der Waals surface area contributed by atoms with Crippen LogP contribution in [0.15, 0.2) is 18.2 Å². The Bertz CT molecular complexity index is 435. The maximum absolute atomic E-state index is 11.8. The number of carbonyl (C=O) groups is 1. The lowest BCUT2D eigenvalue weighted by Gasteiger charge is -2.23. The highest BCUT2D eigenvalue weighted by Gasteiger charge is 2.23. The molecule has 4 heteroatoms. The van der Waals surface area contributed by atoms with Crippen LogP contribution in [0, 0.1) is 6.92 Å². The Morgan fingerprint density at radius 3 is 2.50 bits per heavy atom. The van der Waals surface area contributed by atoms with Gasteiger partial charge in [-0.2, -0.15) is 0 Å². The molecule has 0 radical (unpaired) electrons. The monoisotopic (exact) mass is 270 g/mol. The van der Waals surface area contributed by atoms with Crippen molar-refractivity contribution in [3.63, 3.8) is 0 Å². The highest BCUT2D eigenvalue weighted by molar-refractivity contribution is 6.31. The van der Waals surface area contributed by atoms with Crippen LogP contribution >= 0.6 is 11.6 Å². The molecule has 18 heavy (non-hydrogen) atoms. The smallest absolute Gasteiger partial charge is 0.347 e. The van der Waals surface area contributed by atoms with Gasteiger partial charge < -0.3 is 9.47 Å². The Labute approximate surface area is 113 Å². The van der Waals surface area contributed by atoms with Crippen LogP contribution in [0.25, 0.3) is 0 Å². The van der Waals surface area contributed by atoms with E-state index in [9.17, 15) is 4.79 Å². The Hall–Kier alpha value is -1.22. The van der Waals surface area contributed by atoms with E-state index >= 15 is 0 Å². The van der Waals surface area contributed by atoms with Gasteiger partial charge in [0, 0.05) is 10.6 Å². The maximum Gasteiger partial charge on any atom is 0.347 e. The number of ether oxygens (including phenoxy) is 2. The second-order valence-electron chi connectivity index (χ2n) is 5.16. The third-order valence-corrected chi connectivity index (χ3v) is 2.67. The summed E-state index contributed by atoms with van der Waals surface area (Å²) in [5.41, 5.74) is 0.299. The van der Waals surface area contributed by atoms with Gasteiger partial charge in [-0.15, -0.1) is 0 Å². The molecule has 0 aliphatic carbocycles. The number of hydrogen-bond donors (Lipinski definition) is 0. The van der Waals surface area contributed by atoms with E-state index in [0.29, 0.717) is 10.8 Å². The molecule has 0 fully saturated rings. The standard InChI is InChI=1S/C14H19ClO3/c1-9-11(15)7-6-8-12(9)17-10(2)13(16)18-14(3,4)5/h6-8,10H,1-5H3. The van der Waals surface area contributed by atoms with Crippen LogP contribution in [0.5, 0.6) is 5.75 Å². The van der Waals surface area contributed by atoms with Crippen LogP contribution in [0.2, 0.25) is 5.02 Å². The zero-order valence-electron chi connectivity index (χ0n) is 11.4. The Balaban J connectivity index is 2.73. The summed E-state index contributed by atoms with van der Waals surface area (Å²) in [6, 6.07) is 5.34. The summed E-state index contributed by atoms with van der Waals surface area (Å²) in [6.07, 6.45) is -0.665. The van der Waals surface area contributed by atoms with E-state index in [4.69, 9.17) is 21.1 Å². The second-order valence-corrected chi connectivity index (χ2v) is 5.56. The van der Waals surface area contributed by atoms with Gasteiger partial charge in [0.05, 0.1) is 0 Å². The molecule has 3 nitrogen and oxygen atoms in total. The molecule has 0 saturated carbocycles. The molecule has 0 heterocycles. The summed E-state index contributed by atoms with van der Waals surface area (Å²) < 4.78 is 10.8. The quantitative estimate of drug-likeness (QED) is 0.785. The van der Waals surface area contributed by atoms with Gasteiger partial charge in [-0.1, -0.05) is 17.7 Å². The van der Waals surface area contributed by atoms with Crippen LogP contribution in [0.4, 0.5) is 0 Å². The number of hydrogen-bond acceptors (Lipinski definition) is 3. The van der Waals surface area contributed by atoms with Crippen molar-refractivity contribution < 1.29 is 14.3 Å². The summed E-state index contributed by atoms with van der Waals surface area (Å²) in [5, 5.41) is 0.615. The Kier molecular flexibility index (Phi) is 4.63. The summed E-state index contributed by atoms with van der Waals surface area (Å²) in [6.45, 7) is 8.97. The van der Waals surface area contributed by atoms with Crippen molar-refractivity contribution in [2.24, 2.45) is 0 Å². The van der Waals surface area contributed by atoms with Crippen molar-refractivity contribution >= 4 is 17.6 Å². The molecule has 0 aliphatic heterocycles. The van der Waals surface area contributed by atoms with Crippen molar-refractivity contribution in [3.8, 4) is 5.75 Å². The van der Waals surface area contributed by atoms with Gasteiger partial charge >= 0.3 is 5.97 Å². The predicted molar refractivity (Wildman–Crippen MR) is 72.1 cm³/mol. The second kappa shape index (κ2) is 5.61. The highest BCUT2D eigenvalue weighted by atomic mass is 35.5. The van der Waals surface area contributed by atoms with Crippen LogP contribution < -0.4 is 4.74 Å². The van der Waals surface area contributed by atoms with Gasteiger partial charge in [0.1, 0.15) is 11.4 Å². The largest absolute Gasteiger partial charge is 0.479 e. The number of rotatable bonds is 3. The van der Waals surface area contributed by atoms with E-state index in [1.807, 2.05) is 27.7 Å². The molecule has 1 aromatic carbocycles. The summed E-state index contributed by atoms with van der Waals surface area (Å²) >= 11 is 5.99. The lowest BCUT2D eigenvalue weighted by molar-refractivity contribution is -0.162. The zero-order valence-corrected chi connectivity index (χ0v) is 12.2. The summed E-state index contributed by atoms with van der Waals surface area (Å²) in [5.74, 6) is 0.211. The molecule has 1 rings (SSSR count). The molecule has 100 valence electrons. The first-order chi connectivity index (χ1) is 8.20. The van der Waals surface area contributed by atoms with Gasteiger partial charge in [-0.25, -0.2) is 4.79 Å². The number of benzene rings is 1. The molecular weight excluding hydrogens is 252 g/mol. The van der Waals surface area contributed by atoms with Gasteiger partial charge in [0.2, 0.25) is 0 Å². The van der Waals surface area contributed by atoms with E-state index < -0.39 is 11.7 Å². The average Bonchev–Trinajstić information content (AvgIpc) is 2.22. The van der Waals surface area contributed by atoms with Crippen LogP contribution in [0.1, 0.15) is 33.3 Å². The minimum absolute atomic E-state index is 0.387. The summed E-state index contributed by atoms with van der Waals surface area (Å²) in [4.78, 5) is 11.8. The maximum atomic E-state index is 11.8. The van der Waals surface area contributed by atoms with E-state index in [0.717, 1.165) is 5.56 Å². The first-order valence-corrected chi connectivity index (χ1v) is 6.23. The minimum Gasteiger partial charge on any atom is -0.479 e. The third-order valence-electron chi connectivity index (χ3n) is 2.26. The zero-order chi connectivity index (χ0) is 13.9. The molecule has 0 spiro atoms. The number of esters is 1. The van der Waals surface area contributed by atoms with Crippen molar-refractivity contribution in [1.29, 1.82) is 0 Å². The molecule has 0 aliphatic rings.